The van der Waals surface area contributed by atoms with Gasteiger partial charge in [0.15, 0.2) is 11.6 Å². The minimum atomic E-state index is -0.850. The molecule has 3 aromatic rings. The summed E-state index contributed by atoms with van der Waals surface area (Å²) >= 11 is 0. The van der Waals surface area contributed by atoms with Gasteiger partial charge in [0.25, 0.3) is 0 Å². The van der Waals surface area contributed by atoms with Gasteiger partial charge < -0.3 is 4.57 Å². The molecule has 0 radical (unpaired) electrons. The Bertz CT molecular complexity index is 828. The summed E-state index contributed by atoms with van der Waals surface area (Å²) in [4.78, 5) is 0. The lowest BCUT2D eigenvalue weighted by Crippen LogP contribution is -2.02. The Balaban J connectivity index is 2.08. The molecule has 1 heterocycles. The van der Waals surface area contributed by atoms with Gasteiger partial charge in [0.2, 0.25) is 0 Å². The zero-order valence-corrected chi connectivity index (χ0v) is 10.5. The lowest BCUT2D eigenvalue weighted by molar-refractivity contribution is 0.496. The smallest absolute Gasteiger partial charge is 0.163 e. The number of rotatable bonds is 2. The van der Waals surface area contributed by atoms with Crippen LogP contribution in [0.15, 0.2) is 48.7 Å². The third-order valence-corrected chi connectivity index (χ3v) is 3.31. The molecular formula is C16H10F2N2. The largest absolute Gasteiger partial charge is 0.343 e. The summed E-state index contributed by atoms with van der Waals surface area (Å²) in [5.74, 6) is -1.68. The van der Waals surface area contributed by atoms with E-state index >= 15 is 0 Å². The van der Waals surface area contributed by atoms with Crippen molar-refractivity contribution in [2.75, 3.05) is 0 Å². The monoisotopic (exact) mass is 268 g/mol. The standard InChI is InChI=1S/C16H10F2N2/c17-14-5-1-4-12(16(14)18)10-20-8-7-13-11(9-19)3-2-6-15(13)20/h1-8H,10H2. The Hall–Kier alpha value is -2.67. The first-order valence-electron chi connectivity index (χ1n) is 6.11. The average molecular weight is 268 g/mol. The normalized spacial score (nSPS) is 10.7. The summed E-state index contributed by atoms with van der Waals surface area (Å²) < 4.78 is 28.7. The molecule has 2 nitrogen and oxygen atoms in total. The van der Waals surface area contributed by atoms with Gasteiger partial charge in [0, 0.05) is 22.7 Å². The maximum atomic E-state index is 13.7. The highest BCUT2D eigenvalue weighted by atomic mass is 19.2. The molecule has 0 aliphatic rings. The van der Waals surface area contributed by atoms with Crippen molar-refractivity contribution in [3.8, 4) is 6.07 Å². The number of halogens is 2. The van der Waals surface area contributed by atoms with Crippen molar-refractivity contribution in [3.05, 3.63) is 71.4 Å². The van der Waals surface area contributed by atoms with E-state index in [1.165, 1.54) is 6.07 Å². The molecule has 0 aliphatic carbocycles. The maximum absolute atomic E-state index is 13.7. The number of benzene rings is 2. The minimum absolute atomic E-state index is 0.224. The fourth-order valence-corrected chi connectivity index (χ4v) is 2.31. The van der Waals surface area contributed by atoms with Crippen LogP contribution in [-0.2, 0) is 6.54 Å². The fraction of sp³-hybridized carbons (Fsp3) is 0.0625. The van der Waals surface area contributed by atoms with Gasteiger partial charge in [0.1, 0.15) is 0 Å². The van der Waals surface area contributed by atoms with Crippen LogP contribution in [0, 0.1) is 23.0 Å². The fourth-order valence-electron chi connectivity index (χ4n) is 2.31. The zero-order valence-electron chi connectivity index (χ0n) is 10.5. The second-order valence-electron chi connectivity index (χ2n) is 4.51. The van der Waals surface area contributed by atoms with E-state index in [4.69, 9.17) is 5.26 Å². The van der Waals surface area contributed by atoms with Crippen molar-refractivity contribution in [1.82, 2.24) is 4.57 Å². The maximum Gasteiger partial charge on any atom is 0.163 e. The van der Waals surface area contributed by atoms with Gasteiger partial charge in [-0.3, -0.25) is 0 Å². The summed E-state index contributed by atoms with van der Waals surface area (Å²) in [6.45, 7) is 0.224. The van der Waals surface area contributed by atoms with E-state index in [1.807, 2.05) is 12.1 Å². The molecule has 0 N–H and O–H groups in total. The van der Waals surface area contributed by atoms with E-state index in [0.29, 0.717) is 5.56 Å². The number of aromatic nitrogens is 1. The molecule has 0 spiro atoms. The minimum Gasteiger partial charge on any atom is -0.343 e. The van der Waals surface area contributed by atoms with E-state index in [1.54, 1.807) is 29.0 Å². The van der Waals surface area contributed by atoms with Gasteiger partial charge in [-0.1, -0.05) is 18.2 Å². The Morgan fingerprint density at radius 1 is 1.05 bits per heavy atom. The molecule has 4 heteroatoms. The highest BCUT2D eigenvalue weighted by molar-refractivity contribution is 5.86. The van der Waals surface area contributed by atoms with Crippen molar-refractivity contribution in [1.29, 1.82) is 5.26 Å². The second-order valence-corrected chi connectivity index (χ2v) is 4.51. The predicted octanol–water partition coefficient (Wildman–Crippen LogP) is 3.84. The number of fused-ring (bicyclic) bond motifs is 1. The summed E-state index contributed by atoms with van der Waals surface area (Å²) in [6.07, 6.45) is 1.77. The van der Waals surface area contributed by atoms with E-state index in [0.717, 1.165) is 17.0 Å². The molecule has 0 amide bonds. The van der Waals surface area contributed by atoms with E-state index in [9.17, 15) is 8.78 Å². The third-order valence-electron chi connectivity index (χ3n) is 3.31. The number of hydrogen-bond donors (Lipinski definition) is 0. The van der Waals surface area contributed by atoms with Crippen LogP contribution >= 0.6 is 0 Å². The molecule has 0 fully saturated rings. The molecule has 1 aromatic heterocycles. The first kappa shape index (κ1) is 12.4. The van der Waals surface area contributed by atoms with Crippen LogP contribution in [0.5, 0.6) is 0 Å². The molecule has 3 rings (SSSR count). The molecular weight excluding hydrogens is 258 g/mol. The summed E-state index contributed by atoms with van der Waals surface area (Å²) in [6, 6.07) is 13.4. The molecule has 0 bridgehead atoms. The molecule has 0 saturated heterocycles. The lowest BCUT2D eigenvalue weighted by Gasteiger charge is -2.07. The number of nitrogens with zero attached hydrogens (tertiary/aromatic N) is 2. The molecule has 20 heavy (non-hydrogen) atoms. The third kappa shape index (κ3) is 1.94. The van der Waals surface area contributed by atoms with Crippen molar-refractivity contribution in [2.45, 2.75) is 6.54 Å². The van der Waals surface area contributed by atoms with Gasteiger partial charge >= 0.3 is 0 Å². The average Bonchev–Trinajstić information content (AvgIpc) is 2.87. The second kappa shape index (κ2) is 4.78. The van der Waals surface area contributed by atoms with E-state index in [2.05, 4.69) is 6.07 Å². The van der Waals surface area contributed by atoms with Crippen LogP contribution in [-0.4, -0.2) is 4.57 Å². The lowest BCUT2D eigenvalue weighted by atomic mass is 10.1. The molecule has 0 aliphatic heterocycles. The molecule has 98 valence electrons. The summed E-state index contributed by atoms with van der Waals surface area (Å²) in [5.41, 5.74) is 1.68. The highest BCUT2D eigenvalue weighted by Gasteiger charge is 2.10. The summed E-state index contributed by atoms with van der Waals surface area (Å²) in [5, 5.41) is 9.86. The van der Waals surface area contributed by atoms with Crippen molar-refractivity contribution in [2.24, 2.45) is 0 Å². The first-order chi connectivity index (χ1) is 9.70. The molecule has 0 unspecified atom stereocenters. The van der Waals surface area contributed by atoms with Crippen LogP contribution in [0.1, 0.15) is 11.1 Å². The molecule has 0 atom stereocenters. The van der Waals surface area contributed by atoms with Crippen LogP contribution in [0.3, 0.4) is 0 Å². The van der Waals surface area contributed by atoms with E-state index < -0.39 is 11.6 Å². The van der Waals surface area contributed by atoms with Gasteiger partial charge in [0.05, 0.1) is 18.2 Å². The number of nitriles is 1. The Kier molecular flexibility index (Phi) is 2.96. The SMILES string of the molecule is N#Cc1cccc2c1ccn2Cc1cccc(F)c1F. The Labute approximate surface area is 114 Å². The first-order valence-corrected chi connectivity index (χ1v) is 6.11. The Morgan fingerprint density at radius 2 is 1.85 bits per heavy atom. The van der Waals surface area contributed by atoms with Crippen molar-refractivity contribution in [3.63, 3.8) is 0 Å². The van der Waals surface area contributed by atoms with Gasteiger partial charge in [-0.05, 0) is 24.3 Å². The topological polar surface area (TPSA) is 28.7 Å². The van der Waals surface area contributed by atoms with Gasteiger partial charge in [-0.2, -0.15) is 5.26 Å². The van der Waals surface area contributed by atoms with E-state index in [-0.39, 0.29) is 12.1 Å². The van der Waals surface area contributed by atoms with Crippen LogP contribution in [0.4, 0.5) is 8.78 Å². The van der Waals surface area contributed by atoms with Crippen molar-refractivity contribution < 1.29 is 8.78 Å². The number of hydrogen-bond acceptors (Lipinski definition) is 1. The zero-order chi connectivity index (χ0) is 14.1. The molecule has 0 saturated carbocycles. The van der Waals surface area contributed by atoms with Crippen LogP contribution < -0.4 is 0 Å². The summed E-state index contributed by atoms with van der Waals surface area (Å²) in [7, 11) is 0. The van der Waals surface area contributed by atoms with Crippen LogP contribution in [0.2, 0.25) is 0 Å². The van der Waals surface area contributed by atoms with Crippen molar-refractivity contribution >= 4 is 10.9 Å². The highest BCUT2D eigenvalue weighted by Crippen LogP contribution is 2.22. The predicted molar refractivity (Wildman–Crippen MR) is 72.1 cm³/mol. The Morgan fingerprint density at radius 3 is 2.65 bits per heavy atom. The van der Waals surface area contributed by atoms with Crippen LogP contribution in [0.25, 0.3) is 10.9 Å². The molecule has 2 aromatic carbocycles. The van der Waals surface area contributed by atoms with Gasteiger partial charge in [-0.15, -0.1) is 0 Å². The quantitative estimate of drug-likeness (QED) is 0.694. The van der Waals surface area contributed by atoms with Gasteiger partial charge in [-0.25, -0.2) is 8.78 Å².